The number of aromatic nitrogens is 1. The van der Waals surface area contributed by atoms with Crippen molar-refractivity contribution in [2.75, 3.05) is 0 Å². The maximum Gasteiger partial charge on any atom is 0.315 e. The molecule has 0 radical (unpaired) electrons. The summed E-state index contributed by atoms with van der Waals surface area (Å²) in [6, 6.07) is 5.72. The Morgan fingerprint density at radius 3 is 3.05 bits per heavy atom. The number of amides is 2. The van der Waals surface area contributed by atoms with Crippen molar-refractivity contribution in [2.24, 2.45) is 11.8 Å². The number of carbonyl (C=O) groups excluding carboxylic acids is 1. The van der Waals surface area contributed by atoms with E-state index in [2.05, 4.69) is 15.6 Å². The van der Waals surface area contributed by atoms with Gasteiger partial charge in [-0.25, -0.2) is 9.78 Å². The van der Waals surface area contributed by atoms with Crippen molar-refractivity contribution in [1.82, 2.24) is 15.6 Å². The lowest BCUT2D eigenvalue weighted by Gasteiger charge is -2.23. The van der Waals surface area contributed by atoms with Gasteiger partial charge in [0.15, 0.2) is 0 Å². The van der Waals surface area contributed by atoms with Gasteiger partial charge in [0.1, 0.15) is 11.8 Å². The number of rotatable bonds is 3. The topological polar surface area (TPSA) is 77.8 Å². The molecule has 1 aromatic heterocycles. The normalized spacial score (nSPS) is 27.1. The third-order valence-electron chi connectivity index (χ3n) is 4.45. The Balaban J connectivity index is 1.48. The second kappa shape index (κ2) is 5.49. The van der Waals surface area contributed by atoms with Crippen molar-refractivity contribution in [2.45, 2.75) is 38.3 Å². The fourth-order valence-electron chi connectivity index (χ4n) is 3.47. The molecule has 1 aromatic rings. The molecule has 0 saturated heterocycles. The summed E-state index contributed by atoms with van der Waals surface area (Å²) in [6.45, 7) is 0.420. The van der Waals surface area contributed by atoms with Gasteiger partial charge in [0, 0.05) is 18.8 Å². The summed E-state index contributed by atoms with van der Waals surface area (Å²) in [4.78, 5) is 15.8. The van der Waals surface area contributed by atoms with Crippen LogP contribution in [0, 0.1) is 23.2 Å². The van der Waals surface area contributed by atoms with Crippen LogP contribution < -0.4 is 10.6 Å². The van der Waals surface area contributed by atoms with Crippen LogP contribution in [0.3, 0.4) is 0 Å². The highest BCUT2D eigenvalue weighted by Crippen LogP contribution is 2.44. The average molecular weight is 270 g/mol. The van der Waals surface area contributed by atoms with Crippen molar-refractivity contribution in [1.29, 1.82) is 5.26 Å². The standard InChI is InChI=1S/C15H18N4O/c16-8-13-6-11(3-4-17-13)9-18-15(20)19-14-7-10-1-2-12(14)5-10/h3-4,6,10,12,14H,1-2,5,7,9H2,(H2,18,19,20)/t10-,12+,14+/m0/s1. The third kappa shape index (κ3) is 2.74. The average Bonchev–Trinajstić information content (AvgIpc) is 3.08. The Labute approximate surface area is 118 Å². The molecule has 2 aliphatic carbocycles. The lowest BCUT2D eigenvalue weighted by molar-refractivity contribution is 0.230. The molecule has 1 heterocycles. The van der Waals surface area contributed by atoms with Crippen LogP contribution in [0.15, 0.2) is 18.3 Å². The number of nitrogens with zero attached hydrogens (tertiary/aromatic N) is 2. The van der Waals surface area contributed by atoms with Gasteiger partial charge in [-0.05, 0) is 48.8 Å². The Morgan fingerprint density at radius 1 is 1.45 bits per heavy atom. The van der Waals surface area contributed by atoms with E-state index in [9.17, 15) is 4.79 Å². The van der Waals surface area contributed by atoms with Crippen LogP contribution >= 0.6 is 0 Å². The lowest BCUT2D eigenvalue weighted by Crippen LogP contribution is -2.44. The van der Waals surface area contributed by atoms with Crippen LogP contribution in [0.5, 0.6) is 0 Å². The van der Waals surface area contributed by atoms with E-state index in [0.717, 1.165) is 17.9 Å². The van der Waals surface area contributed by atoms with Crippen LogP contribution in [0.2, 0.25) is 0 Å². The molecule has 2 bridgehead atoms. The number of hydrogen-bond acceptors (Lipinski definition) is 3. The van der Waals surface area contributed by atoms with Crippen LogP contribution in [-0.2, 0) is 6.54 Å². The fourth-order valence-corrected chi connectivity index (χ4v) is 3.47. The van der Waals surface area contributed by atoms with Crippen LogP contribution in [0.25, 0.3) is 0 Å². The van der Waals surface area contributed by atoms with Gasteiger partial charge in [0.05, 0.1) is 0 Å². The first-order valence-electron chi connectivity index (χ1n) is 7.14. The van der Waals surface area contributed by atoms with E-state index in [1.165, 1.54) is 19.3 Å². The number of hydrogen-bond donors (Lipinski definition) is 2. The summed E-state index contributed by atoms with van der Waals surface area (Å²) >= 11 is 0. The Morgan fingerprint density at radius 2 is 2.35 bits per heavy atom. The molecule has 0 unspecified atom stereocenters. The molecule has 104 valence electrons. The van der Waals surface area contributed by atoms with E-state index in [-0.39, 0.29) is 6.03 Å². The molecule has 0 spiro atoms. The molecule has 0 aliphatic heterocycles. The molecule has 20 heavy (non-hydrogen) atoms. The van der Waals surface area contributed by atoms with Gasteiger partial charge >= 0.3 is 6.03 Å². The van der Waals surface area contributed by atoms with E-state index in [4.69, 9.17) is 5.26 Å². The van der Waals surface area contributed by atoms with Crippen molar-refractivity contribution in [3.05, 3.63) is 29.6 Å². The summed E-state index contributed by atoms with van der Waals surface area (Å²) in [5.41, 5.74) is 1.26. The minimum atomic E-state index is -0.113. The highest BCUT2D eigenvalue weighted by atomic mass is 16.2. The third-order valence-corrected chi connectivity index (χ3v) is 4.45. The second-order valence-electron chi connectivity index (χ2n) is 5.77. The van der Waals surface area contributed by atoms with Gasteiger partial charge in [-0.2, -0.15) is 5.26 Å². The van der Waals surface area contributed by atoms with Gasteiger partial charge in [-0.15, -0.1) is 0 Å². The van der Waals surface area contributed by atoms with Crippen LogP contribution in [0.4, 0.5) is 4.79 Å². The Bertz CT molecular complexity index is 551. The number of fused-ring (bicyclic) bond motifs is 2. The molecule has 2 fully saturated rings. The van der Waals surface area contributed by atoms with Crippen molar-refractivity contribution in [3.63, 3.8) is 0 Å². The first-order chi connectivity index (χ1) is 9.74. The summed E-state index contributed by atoms with van der Waals surface area (Å²) in [7, 11) is 0. The van der Waals surface area contributed by atoms with Gasteiger partial charge in [0.25, 0.3) is 0 Å². The zero-order valence-electron chi connectivity index (χ0n) is 11.3. The van der Waals surface area contributed by atoms with Gasteiger partial charge in [-0.3, -0.25) is 0 Å². The molecule has 5 nitrogen and oxygen atoms in total. The smallest absolute Gasteiger partial charge is 0.315 e. The van der Waals surface area contributed by atoms with Crippen molar-refractivity contribution >= 4 is 6.03 Å². The zero-order valence-corrected chi connectivity index (χ0v) is 11.3. The Hall–Kier alpha value is -2.09. The van der Waals surface area contributed by atoms with Crippen molar-refractivity contribution < 1.29 is 4.79 Å². The summed E-state index contributed by atoms with van der Waals surface area (Å²) in [5.74, 6) is 1.50. The lowest BCUT2D eigenvalue weighted by atomic mass is 9.95. The predicted molar refractivity (Wildman–Crippen MR) is 73.6 cm³/mol. The summed E-state index contributed by atoms with van der Waals surface area (Å²) < 4.78 is 0. The SMILES string of the molecule is N#Cc1cc(CNC(=O)N[C@@H]2C[C@H]3CC[C@@H]2C3)ccn1. The maximum atomic E-state index is 11.9. The minimum absolute atomic E-state index is 0.113. The highest BCUT2D eigenvalue weighted by molar-refractivity contribution is 5.74. The molecular formula is C15H18N4O. The fraction of sp³-hybridized carbons (Fsp3) is 0.533. The van der Waals surface area contributed by atoms with Gasteiger partial charge in [-0.1, -0.05) is 6.42 Å². The van der Waals surface area contributed by atoms with E-state index < -0.39 is 0 Å². The number of nitrogens with one attached hydrogen (secondary N) is 2. The number of nitriles is 1. The van der Waals surface area contributed by atoms with E-state index in [1.54, 1.807) is 18.3 Å². The van der Waals surface area contributed by atoms with E-state index in [1.807, 2.05) is 6.07 Å². The first kappa shape index (κ1) is 12.9. The molecular weight excluding hydrogens is 252 g/mol. The monoisotopic (exact) mass is 270 g/mol. The molecule has 2 N–H and O–H groups in total. The largest absolute Gasteiger partial charge is 0.335 e. The molecule has 5 heteroatoms. The summed E-state index contributed by atoms with van der Waals surface area (Å²) in [5, 5.41) is 14.7. The number of urea groups is 1. The zero-order chi connectivity index (χ0) is 13.9. The molecule has 0 aromatic carbocycles. The molecule has 3 atom stereocenters. The number of pyridine rings is 1. The predicted octanol–water partition coefficient (Wildman–Crippen LogP) is 1.94. The molecule has 2 saturated carbocycles. The first-order valence-corrected chi connectivity index (χ1v) is 7.14. The highest BCUT2D eigenvalue weighted by Gasteiger charge is 2.40. The van der Waals surface area contributed by atoms with E-state index in [0.29, 0.717) is 24.2 Å². The van der Waals surface area contributed by atoms with Crippen LogP contribution in [0.1, 0.15) is 36.9 Å². The van der Waals surface area contributed by atoms with Crippen LogP contribution in [-0.4, -0.2) is 17.1 Å². The van der Waals surface area contributed by atoms with Crippen molar-refractivity contribution in [3.8, 4) is 6.07 Å². The summed E-state index contributed by atoms with van der Waals surface area (Å²) in [6.07, 6.45) is 6.58. The Kier molecular flexibility index (Phi) is 3.55. The molecule has 3 rings (SSSR count). The maximum absolute atomic E-state index is 11.9. The van der Waals surface area contributed by atoms with E-state index >= 15 is 0 Å². The quantitative estimate of drug-likeness (QED) is 0.881. The number of carbonyl (C=O) groups is 1. The molecule has 2 amide bonds. The van der Waals surface area contributed by atoms with Gasteiger partial charge < -0.3 is 10.6 Å². The van der Waals surface area contributed by atoms with Gasteiger partial charge in [0.2, 0.25) is 0 Å². The minimum Gasteiger partial charge on any atom is -0.335 e. The molecule has 2 aliphatic rings. The second-order valence-corrected chi connectivity index (χ2v) is 5.77.